The van der Waals surface area contributed by atoms with Crippen LogP contribution in [-0.4, -0.2) is 6.03 Å². The van der Waals surface area contributed by atoms with Crippen LogP contribution in [0, 0.1) is 0 Å². The van der Waals surface area contributed by atoms with Crippen molar-refractivity contribution in [2.24, 2.45) is 0 Å². The Labute approximate surface area is 127 Å². The SMILES string of the molecule is C=C(C)/C=C\C(=C/C)NC(=O)Nc1cccc(C(F)(F)F)c1. The molecule has 0 aliphatic heterocycles. The third kappa shape index (κ3) is 5.87. The molecule has 0 fully saturated rings. The Bertz CT molecular complexity index is 616. The van der Waals surface area contributed by atoms with Crippen LogP contribution >= 0.6 is 0 Å². The van der Waals surface area contributed by atoms with E-state index in [0.29, 0.717) is 5.70 Å². The standard InChI is InChI=1S/C16H17F3N2O/c1-4-13(9-8-11(2)3)20-15(22)21-14-7-5-6-12(10-14)16(17,18)19/h4-10H,2H2,1,3H3,(H2,20,21,22)/b9-8-,13-4+. The van der Waals surface area contributed by atoms with Crippen molar-refractivity contribution in [2.75, 3.05) is 5.32 Å². The van der Waals surface area contributed by atoms with Crippen molar-refractivity contribution in [3.8, 4) is 0 Å². The normalized spacial score (nSPS) is 12.3. The highest BCUT2D eigenvalue weighted by Crippen LogP contribution is 2.30. The van der Waals surface area contributed by atoms with E-state index >= 15 is 0 Å². The zero-order valence-corrected chi connectivity index (χ0v) is 12.3. The molecule has 118 valence electrons. The van der Waals surface area contributed by atoms with Gasteiger partial charge in [0.15, 0.2) is 0 Å². The average molecular weight is 310 g/mol. The Kier molecular flexibility index (Phi) is 5.98. The lowest BCUT2D eigenvalue weighted by Crippen LogP contribution is -2.27. The predicted octanol–water partition coefficient (Wildman–Crippen LogP) is 4.86. The monoisotopic (exact) mass is 310 g/mol. The molecule has 0 heterocycles. The average Bonchev–Trinajstić information content (AvgIpc) is 2.42. The number of benzene rings is 1. The summed E-state index contributed by atoms with van der Waals surface area (Å²) in [6, 6.07) is 3.80. The quantitative estimate of drug-likeness (QED) is 0.766. The van der Waals surface area contributed by atoms with Crippen LogP contribution in [0.5, 0.6) is 0 Å². The summed E-state index contributed by atoms with van der Waals surface area (Å²) in [5.41, 5.74) is 0.553. The molecule has 6 heteroatoms. The van der Waals surface area contributed by atoms with E-state index in [9.17, 15) is 18.0 Å². The summed E-state index contributed by atoms with van der Waals surface area (Å²) in [5.74, 6) is 0. The highest BCUT2D eigenvalue weighted by atomic mass is 19.4. The van der Waals surface area contributed by atoms with Gasteiger partial charge in [-0.25, -0.2) is 4.79 Å². The van der Waals surface area contributed by atoms with E-state index in [1.165, 1.54) is 12.1 Å². The first-order chi connectivity index (χ1) is 10.2. The number of allylic oxidation sites excluding steroid dienone is 4. The van der Waals surface area contributed by atoms with E-state index in [1.807, 2.05) is 0 Å². The van der Waals surface area contributed by atoms with Gasteiger partial charge in [-0.1, -0.05) is 30.4 Å². The van der Waals surface area contributed by atoms with Gasteiger partial charge in [-0.2, -0.15) is 13.2 Å². The van der Waals surface area contributed by atoms with Crippen LogP contribution in [0.15, 0.2) is 60.3 Å². The van der Waals surface area contributed by atoms with Crippen LogP contribution in [0.25, 0.3) is 0 Å². The molecule has 1 aromatic carbocycles. The molecule has 0 saturated carbocycles. The lowest BCUT2D eigenvalue weighted by molar-refractivity contribution is -0.137. The number of nitrogens with one attached hydrogen (secondary N) is 2. The topological polar surface area (TPSA) is 41.1 Å². The highest BCUT2D eigenvalue weighted by Gasteiger charge is 2.30. The predicted molar refractivity (Wildman–Crippen MR) is 81.3 cm³/mol. The fourth-order valence-electron chi connectivity index (χ4n) is 1.51. The van der Waals surface area contributed by atoms with E-state index in [0.717, 1.165) is 17.7 Å². The van der Waals surface area contributed by atoms with Crippen molar-refractivity contribution < 1.29 is 18.0 Å². The summed E-state index contributed by atoms with van der Waals surface area (Å²) in [6.45, 7) is 7.22. The van der Waals surface area contributed by atoms with Crippen LogP contribution < -0.4 is 10.6 Å². The first kappa shape index (κ1) is 17.6. The molecule has 1 aromatic rings. The number of anilines is 1. The fraction of sp³-hybridized carbons (Fsp3) is 0.188. The zero-order valence-electron chi connectivity index (χ0n) is 12.3. The molecule has 0 saturated heterocycles. The molecular weight excluding hydrogens is 293 g/mol. The van der Waals surface area contributed by atoms with E-state index in [2.05, 4.69) is 17.2 Å². The maximum Gasteiger partial charge on any atom is 0.416 e. The molecule has 2 N–H and O–H groups in total. The number of hydrogen-bond donors (Lipinski definition) is 2. The number of carbonyl (C=O) groups is 1. The van der Waals surface area contributed by atoms with Gasteiger partial charge >= 0.3 is 12.2 Å². The molecule has 0 aromatic heterocycles. The van der Waals surface area contributed by atoms with Gasteiger partial charge in [0, 0.05) is 11.4 Å². The lowest BCUT2D eigenvalue weighted by Gasteiger charge is -2.11. The van der Waals surface area contributed by atoms with Gasteiger partial charge < -0.3 is 10.6 Å². The van der Waals surface area contributed by atoms with Gasteiger partial charge in [-0.05, 0) is 38.1 Å². The van der Waals surface area contributed by atoms with E-state index in [-0.39, 0.29) is 5.69 Å². The molecule has 0 radical (unpaired) electrons. The highest BCUT2D eigenvalue weighted by molar-refractivity contribution is 5.90. The summed E-state index contributed by atoms with van der Waals surface area (Å²) in [4.78, 5) is 11.8. The second kappa shape index (κ2) is 7.49. The molecule has 0 unspecified atom stereocenters. The molecule has 1 rings (SSSR count). The van der Waals surface area contributed by atoms with Gasteiger partial charge in [0.25, 0.3) is 0 Å². The summed E-state index contributed by atoms with van der Waals surface area (Å²) in [7, 11) is 0. The van der Waals surface area contributed by atoms with Crippen molar-refractivity contribution >= 4 is 11.7 Å². The number of amides is 2. The van der Waals surface area contributed by atoms with Gasteiger partial charge in [-0.3, -0.25) is 0 Å². The third-order valence-corrected chi connectivity index (χ3v) is 2.56. The second-order valence-corrected chi connectivity index (χ2v) is 4.58. The van der Waals surface area contributed by atoms with Crippen molar-refractivity contribution in [2.45, 2.75) is 20.0 Å². The van der Waals surface area contributed by atoms with Gasteiger partial charge in [-0.15, -0.1) is 0 Å². The van der Waals surface area contributed by atoms with Gasteiger partial charge in [0.05, 0.1) is 5.56 Å². The van der Waals surface area contributed by atoms with Crippen molar-refractivity contribution in [1.82, 2.24) is 5.32 Å². The molecule has 22 heavy (non-hydrogen) atoms. The molecule has 0 atom stereocenters. The molecule has 0 aliphatic rings. The Morgan fingerprint density at radius 3 is 2.50 bits per heavy atom. The van der Waals surface area contributed by atoms with Crippen LogP contribution in [0.4, 0.5) is 23.7 Å². The molecular formula is C16H17F3N2O. The number of carbonyl (C=O) groups excluding carboxylic acids is 1. The van der Waals surface area contributed by atoms with Gasteiger partial charge in [0.1, 0.15) is 0 Å². The zero-order chi connectivity index (χ0) is 16.8. The maximum atomic E-state index is 12.6. The number of urea groups is 1. The minimum atomic E-state index is -4.45. The number of rotatable bonds is 4. The van der Waals surface area contributed by atoms with E-state index in [1.54, 1.807) is 32.1 Å². The number of alkyl halides is 3. The first-order valence-corrected chi connectivity index (χ1v) is 6.47. The molecule has 0 spiro atoms. The summed E-state index contributed by atoms with van der Waals surface area (Å²) < 4.78 is 37.8. The Balaban J connectivity index is 2.75. The summed E-state index contributed by atoms with van der Waals surface area (Å²) in [5, 5.41) is 4.89. The van der Waals surface area contributed by atoms with E-state index in [4.69, 9.17) is 0 Å². The molecule has 3 nitrogen and oxygen atoms in total. The summed E-state index contributed by atoms with van der Waals surface area (Å²) in [6.07, 6.45) is 0.561. The van der Waals surface area contributed by atoms with Crippen molar-refractivity contribution in [3.63, 3.8) is 0 Å². The molecule has 0 aliphatic carbocycles. The van der Waals surface area contributed by atoms with Crippen LogP contribution in [-0.2, 0) is 6.18 Å². The number of halogens is 3. The van der Waals surface area contributed by atoms with E-state index < -0.39 is 17.8 Å². The van der Waals surface area contributed by atoms with Crippen LogP contribution in [0.1, 0.15) is 19.4 Å². The summed E-state index contributed by atoms with van der Waals surface area (Å²) >= 11 is 0. The number of hydrogen-bond acceptors (Lipinski definition) is 1. The van der Waals surface area contributed by atoms with Crippen LogP contribution in [0.2, 0.25) is 0 Å². The second-order valence-electron chi connectivity index (χ2n) is 4.58. The Morgan fingerprint density at radius 1 is 1.27 bits per heavy atom. The molecule has 2 amide bonds. The maximum absolute atomic E-state index is 12.6. The first-order valence-electron chi connectivity index (χ1n) is 6.47. The molecule has 0 bridgehead atoms. The smallest absolute Gasteiger partial charge is 0.308 e. The fourth-order valence-corrected chi connectivity index (χ4v) is 1.51. The lowest BCUT2D eigenvalue weighted by atomic mass is 10.2. The largest absolute Gasteiger partial charge is 0.416 e. The Hall–Kier alpha value is -2.50. The van der Waals surface area contributed by atoms with Crippen molar-refractivity contribution in [1.29, 1.82) is 0 Å². The minimum Gasteiger partial charge on any atom is -0.308 e. The minimum absolute atomic E-state index is 0.0617. The van der Waals surface area contributed by atoms with Gasteiger partial charge in [0.2, 0.25) is 0 Å². The van der Waals surface area contributed by atoms with Crippen molar-refractivity contribution in [3.05, 3.63) is 65.9 Å². The Morgan fingerprint density at radius 2 is 1.95 bits per heavy atom. The van der Waals surface area contributed by atoms with Crippen LogP contribution in [0.3, 0.4) is 0 Å². The third-order valence-electron chi connectivity index (χ3n) is 2.56.